The molecule has 0 N–H and O–H groups in total. The number of aromatic nitrogens is 2. The molecule has 0 saturated carbocycles. The summed E-state index contributed by atoms with van der Waals surface area (Å²) in [6.07, 6.45) is 6.21. The standard InChI is InChI=1S/C25H30N4/c1-2-6-21-18-27(14-10-20(21)5-1)17-19-8-9-24-23(15-19)26-25-16-22-7-3-11-28(22)12-4-13-29(24)25/h1-2,5-6,8-9,15,22H,3-4,7,10-14,16-18H2. The molecule has 4 nitrogen and oxygen atoms in total. The Morgan fingerprint density at radius 3 is 2.79 bits per heavy atom. The molecule has 1 atom stereocenters. The quantitative estimate of drug-likeness (QED) is 0.665. The highest BCUT2D eigenvalue weighted by atomic mass is 15.2. The summed E-state index contributed by atoms with van der Waals surface area (Å²) in [5.74, 6) is 1.31. The molecule has 0 radical (unpaired) electrons. The molecule has 1 unspecified atom stereocenters. The van der Waals surface area contributed by atoms with Gasteiger partial charge < -0.3 is 4.57 Å². The third-order valence-electron chi connectivity index (χ3n) is 7.25. The molecule has 4 heteroatoms. The first-order valence-corrected chi connectivity index (χ1v) is 11.3. The summed E-state index contributed by atoms with van der Waals surface area (Å²) in [5.41, 5.74) is 6.94. The highest BCUT2D eigenvalue weighted by Gasteiger charge is 2.28. The van der Waals surface area contributed by atoms with Gasteiger partial charge in [-0.2, -0.15) is 0 Å². The Balaban J connectivity index is 1.25. The molecular weight excluding hydrogens is 356 g/mol. The Kier molecular flexibility index (Phi) is 4.42. The third-order valence-corrected chi connectivity index (χ3v) is 7.25. The van der Waals surface area contributed by atoms with E-state index >= 15 is 0 Å². The lowest BCUT2D eigenvalue weighted by Crippen LogP contribution is -2.35. The van der Waals surface area contributed by atoms with E-state index in [2.05, 4.69) is 56.8 Å². The van der Waals surface area contributed by atoms with Gasteiger partial charge in [-0.3, -0.25) is 9.80 Å². The van der Waals surface area contributed by atoms with Crippen LogP contribution in [0, 0.1) is 0 Å². The van der Waals surface area contributed by atoms with Crippen LogP contribution in [0.1, 0.15) is 41.8 Å². The molecule has 0 bridgehead atoms. The van der Waals surface area contributed by atoms with E-state index in [1.807, 2.05) is 0 Å². The molecule has 0 aliphatic carbocycles. The highest BCUT2D eigenvalue weighted by molar-refractivity contribution is 5.77. The normalized spacial score (nSPS) is 22.7. The molecule has 29 heavy (non-hydrogen) atoms. The van der Waals surface area contributed by atoms with Gasteiger partial charge in [0.15, 0.2) is 0 Å². The van der Waals surface area contributed by atoms with Crippen molar-refractivity contribution in [1.82, 2.24) is 19.4 Å². The third kappa shape index (κ3) is 3.28. The van der Waals surface area contributed by atoms with Gasteiger partial charge in [-0.05, 0) is 61.1 Å². The summed E-state index contributed by atoms with van der Waals surface area (Å²) in [6, 6.07) is 16.6. The molecule has 1 saturated heterocycles. The molecule has 4 heterocycles. The number of rotatable bonds is 2. The van der Waals surface area contributed by atoms with Crippen LogP contribution < -0.4 is 0 Å². The van der Waals surface area contributed by atoms with Crippen molar-refractivity contribution in [1.29, 1.82) is 0 Å². The molecule has 2 aromatic carbocycles. The molecule has 0 spiro atoms. The van der Waals surface area contributed by atoms with Gasteiger partial charge >= 0.3 is 0 Å². The van der Waals surface area contributed by atoms with Crippen LogP contribution in [0.3, 0.4) is 0 Å². The first-order chi connectivity index (χ1) is 14.3. The van der Waals surface area contributed by atoms with Gasteiger partial charge in [0, 0.05) is 45.2 Å². The van der Waals surface area contributed by atoms with Crippen LogP contribution in [-0.4, -0.2) is 45.0 Å². The van der Waals surface area contributed by atoms with E-state index in [-0.39, 0.29) is 0 Å². The zero-order valence-corrected chi connectivity index (χ0v) is 17.2. The van der Waals surface area contributed by atoms with Gasteiger partial charge in [-0.1, -0.05) is 30.3 Å². The zero-order chi connectivity index (χ0) is 19.2. The summed E-state index contributed by atoms with van der Waals surface area (Å²) in [5, 5.41) is 0. The molecule has 3 aliphatic rings. The minimum absolute atomic E-state index is 0.707. The van der Waals surface area contributed by atoms with Gasteiger partial charge in [-0.15, -0.1) is 0 Å². The van der Waals surface area contributed by atoms with Gasteiger partial charge in [0.05, 0.1) is 11.0 Å². The molecule has 150 valence electrons. The van der Waals surface area contributed by atoms with Gasteiger partial charge in [0.2, 0.25) is 0 Å². The number of imidazole rings is 1. The second-order valence-electron chi connectivity index (χ2n) is 9.12. The Morgan fingerprint density at radius 1 is 0.931 bits per heavy atom. The average Bonchev–Trinajstić information content (AvgIpc) is 3.30. The zero-order valence-electron chi connectivity index (χ0n) is 17.2. The van der Waals surface area contributed by atoms with E-state index in [1.165, 1.54) is 65.9 Å². The van der Waals surface area contributed by atoms with Crippen LogP contribution in [0.25, 0.3) is 11.0 Å². The van der Waals surface area contributed by atoms with Crippen molar-refractivity contribution < 1.29 is 0 Å². The summed E-state index contributed by atoms with van der Waals surface area (Å²) < 4.78 is 2.51. The number of benzene rings is 2. The Morgan fingerprint density at radius 2 is 1.83 bits per heavy atom. The number of fused-ring (bicyclic) bond motifs is 5. The van der Waals surface area contributed by atoms with Crippen LogP contribution in [0.5, 0.6) is 0 Å². The van der Waals surface area contributed by atoms with E-state index < -0.39 is 0 Å². The van der Waals surface area contributed by atoms with Crippen molar-refractivity contribution in [3.05, 3.63) is 65.0 Å². The van der Waals surface area contributed by atoms with Crippen LogP contribution >= 0.6 is 0 Å². The number of nitrogens with zero attached hydrogens (tertiary/aromatic N) is 4. The minimum atomic E-state index is 0.707. The van der Waals surface area contributed by atoms with E-state index in [9.17, 15) is 0 Å². The first-order valence-electron chi connectivity index (χ1n) is 11.3. The lowest BCUT2D eigenvalue weighted by atomic mass is 9.99. The van der Waals surface area contributed by atoms with Crippen molar-refractivity contribution in [3.63, 3.8) is 0 Å². The molecular formula is C25H30N4. The highest BCUT2D eigenvalue weighted by Crippen LogP contribution is 2.27. The average molecular weight is 387 g/mol. The predicted octanol–water partition coefficient (Wildman–Crippen LogP) is 4.01. The second-order valence-corrected chi connectivity index (χ2v) is 9.12. The Bertz CT molecular complexity index is 1040. The van der Waals surface area contributed by atoms with Crippen LogP contribution in [-0.2, 0) is 32.5 Å². The SMILES string of the molecule is c1ccc2c(c1)CCN(Cc1ccc3c(c1)nc1n3CCCN3CCCC3C1)C2. The fourth-order valence-corrected chi connectivity index (χ4v) is 5.74. The largest absolute Gasteiger partial charge is 0.328 e. The number of hydrogen-bond donors (Lipinski definition) is 0. The second kappa shape index (κ2) is 7.26. The molecule has 3 aliphatic heterocycles. The minimum Gasteiger partial charge on any atom is -0.328 e. The predicted molar refractivity (Wildman–Crippen MR) is 117 cm³/mol. The van der Waals surface area contributed by atoms with E-state index in [0.717, 1.165) is 39.0 Å². The summed E-state index contributed by atoms with van der Waals surface area (Å²) in [4.78, 5) is 10.4. The van der Waals surface area contributed by atoms with Crippen molar-refractivity contribution in [2.45, 2.75) is 57.8 Å². The van der Waals surface area contributed by atoms with E-state index in [4.69, 9.17) is 4.98 Å². The lowest BCUT2D eigenvalue weighted by molar-refractivity contribution is 0.231. The van der Waals surface area contributed by atoms with E-state index in [0.29, 0.717) is 6.04 Å². The van der Waals surface area contributed by atoms with Gasteiger partial charge in [0.25, 0.3) is 0 Å². The van der Waals surface area contributed by atoms with Gasteiger partial charge in [0.1, 0.15) is 5.82 Å². The smallest absolute Gasteiger partial charge is 0.111 e. The fraction of sp³-hybridized carbons (Fsp3) is 0.480. The molecule has 1 fully saturated rings. The molecule has 1 aromatic heterocycles. The summed E-state index contributed by atoms with van der Waals surface area (Å²) in [7, 11) is 0. The van der Waals surface area contributed by atoms with Crippen molar-refractivity contribution in [3.8, 4) is 0 Å². The topological polar surface area (TPSA) is 24.3 Å². The van der Waals surface area contributed by atoms with E-state index in [1.54, 1.807) is 0 Å². The van der Waals surface area contributed by atoms with Crippen molar-refractivity contribution >= 4 is 11.0 Å². The molecule has 3 aromatic rings. The Hall–Kier alpha value is -2.17. The number of hydrogen-bond acceptors (Lipinski definition) is 3. The lowest BCUT2D eigenvalue weighted by Gasteiger charge is -2.28. The monoisotopic (exact) mass is 386 g/mol. The Labute approximate surface area is 173 Å². The number of aryl methyl sites for hydroxylation is 1. The maximum Gasteiger partial charge on any atom is 0.111 e. The first kappa shape index (κ1) is 17.7. The van der Waals surface area contributed by atoms with Crippen molar-refractivity contribution in [2.75, 3.05) is 19.6 Å². The summed E-state index contributed by atoms with van der Waals surface area (Å²) in [6.45, 7) is 6.87. The molecule has 6 rings (SSSR count). The van der Waals surface area contributed by atoms with Crippen LogP contribution in [0.15, 0.2) is 42.5 Å². The molecule has 0 amide bonds. The van der Waals surface area contributed by atoms with Crippen molar-refractivity contribution in [2.24, 2.45) is 0 Å². The summed E-state index contributed by atoms with van der Waals surface area (Å²) >= 11 is 0. The maximum absolute atomic E-state index is 5.12. The maximum atomic E-state index is 5.12. The van der Waals surface area contributed by atoms with Gasteiger partial charge in [-0.25, -0.2) is 4.98 Å². The fourth-order valence-electron chi connectivity index (χ4n) is 5.74. The van der Waals surface area contributed by atoms with Crippen LogP contribution in [0.4, 0.5) is 0 Å². The van der Waals surface area contributed by atoms with Crippen LogP contribution in [0.2, 0.25) is 0 Å².